The molecule has 6 nitrogen and oxygen atoms in total. The van der Waals surface area contributed by atoms with Crippen LogP contribution >= 0.6 is 0 Å². The molecule has 1 saturated carbocycles. The average Bonchev–Trinajstić information content (AvgIpc) is 2.74. The van der Waals surface area contributed by atoms with E-state index in [4.69, 9.17) is 4.74 Å². The van der Waals surface area contributed by atoms with Crippen LogP contribution in [0.15, 0.2) is 11.6 Å². The molecule has 0 aromatic heterocycles. The fraction of sp³-hybridized carbons (Fsp3) is 0.538. The molecule has 0 bridgehead atoms. The fourth-order valence-corrected chi connectivity index (χ4v) is 2.86. The zero-order valence-electron chi connectivity index (χ0n) is 10.7. The summed E-state index contributed by atoms with van der Waals surface area (Å²) in [5, 5.41) is 0. The van der Waals surface area contributed by atoms with Gasteiger partial charge in [-0.15, -0.1) is 0 Å². The van der Waals surface area contributed by atoms with Crippen LogP contribution in [-0.4, -0.2) is 37.7 Å². The van der Waals surface area contributed by atoms with Crippen LogP contribution < -0.4 is 0 Å². The van der Waals surface area contributed by atoms with Crippen LogP contribution in [-0.2, 0) is 28.7 Å². The van der Waals surface area contributed by atoms with Crippen molar-refractivity contribution in [1.29, 1.82) is 0 Å². The highest BCUT2D eigenvalue weighted by molar-refractivity contribution is 6.21. The Kier molecular flexibility index (Phi) is 3.26. The number of Topliss-reactive ketones (excluding diaryl/α,β-unsaturated/α-hetero) is 2. The Morgan fingerprint density at radius 1 is 1.26 bits per heavy atom. The molecule has 0 N–H and O–H groups in total. The van der Waals surface area contributed by atoms with Crippen LogP contribution in [0, 0.1) is 11.3 Å². The lowest BCUT2D eigenvalue weighted by molar-refractivity contribution is -0.156. The van der Waals surface area contributed by atoms with Crippen molar-refractivity contribution in [3.63, 3.8) is 0 Å². The lowest BCUT2D eigenvalue weighted by Crippen LogP contribution is -2.44. The van der Waals surface area contributed by atoms with Gasteiger partial charge in [0.05, 0.1) is 14.2 Å². The molecule has 0 amide bonds. The highest BCUT2D eigenvalue weighted by atomic mass is 16.5. The normalized spacial score (nSPS) is 29.6. The van der Waals surface area contributed by atoms with E-state index in [1.165, 1.54) is 7.11 Å². The molecule has 6 heteroatoms. The zero-order chi connectivity index (χ0) is 14.2. The largest absolute Gasteiger partial charge is 0.468 e. The van der Waals surface area contributed by atoms with Crippen molar-refractivity contribution in [1.82, 2.24) is 0 Å². The van der Waals surface area contributed by atoms with Gasteiger partial charge >= 0.3 is 11.9 Å². The highest BCUT2D eigenvalue weighted by Gasteiger charge is 2.58. The smallest absolute Gasteiger partial charge is 0.341 e. The third-order valence-electron chi connectivity index (χ3n) is 3.86. The van der Waals surface area contributed by atoms with E-state index in [0.717, 1.165) is 13.2 Å². The van der Waals surface area contributed by atoms with Crippen molar-refractivity contribution in [3.05, 3.63) is 11.6 Å². The molecule has 102 valence electrons. The monoisotopic (exact) mass is 266 g/mol. The van der Waals surface area contributed by atoms with Gasteiger partial charge in [0.2, 0.25) is 0 Å². The first-order valence-electron chi connectivity index (χ1n) is 5.93. The van der Waals surface area contributed by atoms with Crippen molar-refractivity contribution in [2.45, 2.75) is 19.3 Å². The van der Waals surface area contributed by atoms with E-state index in [0.29, 0.717) is 6.42 Å². The SMILES string of the molecule is COC(=O)C1=CC2(C(=O)OC)C(=O)CCC2CC1=O. The second kappa shape index (κ2) is 4.60. The summed E-state index contributed by atoms with van der Waals surface area (Å²) in [5.74, 6) is -2.67. The van der Waals surface area contributed by atoms with Gasteiger partial charge in [-0.1, -0.05) is 0 Å². The van der Waals surface area contributed by atoms with Gasteiger partial charge < -0.3 is 9.47 Å². The lowest BCUT2D eigenvalue weighted by atomic mass is 9.69. The van der Waals surface area contributed by atoms with Crippen molar-refractivity contribution in [2.24, 2.45) is 11.3 Å². The standard InChI is InChI=1S/C13H14O6/c1-18-11(16)8-6-13(12(17)19-2)7(5-9(8)14)3-4-10(13)15/h6-7H,3-5H2,1-2H3. The van der Waals surface area contributed by atoms with Crippen LogP contribution in [0.5, 0.6) is 0 Å². The maximum atomic E-state index is 12.1. The Labute approximate surface area is 109 Å². The predicted molar refractivity (Wildman–Crippen MR) is 61.9 cm³/mol. The van der Waals surface area contributed by atoms with Gasteiger partial charge in [-0.25, -0.2) is 4.79 Å². The van der Waals surface area contributed by atoms with E-state index >= 15 is 0 Å². The Bertz CT molecular complexity index is 503. The minimum atomic E-state index is -1.49. The summed E-state index contributed by atoms with van der Waals surface area (Å²) in [5.41, 5.74) is -1.73. The average molecular weight is 266 g/mol. The number of fused-ring (bicyclic) bond motifs is 1. The number of carbonyl (C=O) groups is 4. The molecule has 19 heavy (non-hydrogen) atoms. The first kappa shape index (κ1) is 13.5. The van der Waals surface area contributed by atoms with Crippen LogP contribution in [0.2, 0.25) is 0 Å². The Morgan fingerprint density at radius 3 is 2.53 bits per heavy atom. The lowest BCUT2D eigenvalue weighted by Gasteiger charge is -2.31. The maximum Gasteiger partial charge on any atom is 0.341 e. The van der Waals surface area contributed by atoms with Crippen LogP contribution in [0.4, 0.5) is 0 Å². The molecular formula is C13H14O6. The van der Waals surface area contributed by atoms with Gasteiger partial charge in [-0.3, -0.25) is 14.4 Å². The van der Waals surface area contributed by atoms with Gasteiger partial charge in [0.25, 0.3) is 0 Å². The molecule has 0 aliphatic heterocycles. The fourth-order valence-electron chi connectivity index (χ4n) is 2.86. The molecular weight excluding hydrogens is 252 g/mol. The molecule has 0 spiro atoms. The molecule has 0 heterocycles. The van der Waals surface area contributed by atoms with Crippen LogP contribution in [0.1, 0.15) is 19.3 Å². The second-order valence-electron chi connectivity index (χ2n) is 4.70. The third kappa shape index (κ3) is 1.78. The highest BCUT2D eigenvalue weighted by Crippen LogP contribution is 2.48. The molecule has 2 unspecified atom stereocenters. The Balaban J connectivity index is 2.57. The zero-order valence-corrected chi connectivity index (χ0v) is 10.7. The molecule has 2 rings (SSSR count). The Morgan fingerprint density at radius 2 is 1.95 bits per heavy atom. The van der Waals surface area contributed by atoms with Crippen molar-refractivity contribution in [3.8, 4) is 0 Å². The number of ketones is 2. The summed E-state index contributed by atoms with van der Waals surface area (Å²) in [6, 6.07) is 0. The van der Waals surface area contributed by atoms with E-state index in [1.54, 1.807) is 0 Å². The number of ether oxygens (including phenoxy) is 2. The molecule has 0 aromatic carbocycles. The van der Waals surface area contributed by atoms with Gasteiger partial charge in [-0.05, 0) is 18.4 Å². The molecule has 0 radical (unpaired) electrons. The summed E-state index contributed by atoms with van der Waals surface area (Å²) in [7, 11) is 2.33. The number of methoxy groups -OCH3 is 2. The van der Waals surface area contributed by atoms with E-state index in [9.17, 15) is 19.2 Å². The van der Waals surface area contributed by atoms with E-state index < -0.39 is 29.1 Å². The van der Waals surface area contributed by atoms with Gasteiger partial charge in [-0.2, -0.15) is 0 Å². The first-order chi connectivity index (χ1) is 8.97. The number of hydrogen-bond acceptors (Lipinski definition) is 6. The maximum absolute atomic E-state index is 12.1. The summed E-state index contributed by atoms with van der Waals surface area (Å²) in [4.78, 5) is 47.5. The van der Waals surface area contributed by atoms with Crippen molar-refractivity contribution < 1.29 is 28.7 Å². The van der Waals surface area contributed by atoms with Gasteiger partial charge in [0, 0.05) is 12.8 Å². The molecule has 0 saturated heterocycles. The van der Waals surface area contributed by atoms with E-state index in [-0.39, 0.29) is 24.2 Å². The summed E-state index contributed by atoms with van der Waals surface area (Å²) < 4.78 is 9.20. The minimum Gasteiger partial charge on any atom is -0.468 e. The van der Waals surface area contributed by atoms with E-state index in [1.807, 2.05) is 0 Å². The third-order valence-corrected chi connectivity index (χ3v) is 3.86. The van der Waals surface area contributed by atoms with Gasteiger partial charge in [0.1, 0.15) is 11.0 Å². The predicted octanol–water partition coefficient (Wildman–Crippen LogP) is 0.197. The van der Waals surface area contributed by atoms with E-state index in [2.05, 4.69) is 4.74 Å². The molecule has 1 fully saturated rings. The van der Waals surface area contributed by atoms with Crippen molar-refractivity contribution in [2.75, 3.05) is 14.2 Å². The minimum absolute atomic E-state index is 0.0121. The summed E-state index contributed by atoms with van der Waals surface area (Å²) in [6.07, 6.45) is 1.79. The van der Waals surface area contributed by atoms with Crippen LogP contribution in [0.25, 0.3) is 0 Å². The van der Waals surface area contributed by atoms with Gasteiger partial charge in [0.15, 0.2) is 11.6 Å². The quantitative estimate of drug-likeness (QED) is 0.403. The van der Waals surface area contributed by atoms with Crippen molar-refractivity contribution >= 4 is 23.5 Å². The Hall–Kier alpha value is -1.98. The summed E-state index contributed by atoms with van der Waals surface area (Å²) >= 11 is 0. The number of carbonyl (C=O) groups excluding carboxylic acids is 4. The number of esters is 2. The molecule has 0 aromatic rings. The second-order valence-corrected chi connectivity index (χ2v) is 4.70. The topological polar surface area (TPSA) is 86.7 Å². The summed E-state index contributed by atoms with van der Waals surface area (Å²) in [6.45, 7) is 0. The number of rotatable bonds is 2. The van der Waals surface area contributed by atoms with Crippen LogP contribution in [0.3, 0.4) is 0 Å². The molecule has 2 aliphatic rings. The first-order valence-corrected chi connectivity index (χ1v) is 5.93. The molecule has 2 atom stereocenters. The number of hydrogen-bond donors (Lipinski definition) is 0. The molecule has 2 aliphatic carbocycles.